The number of carbonyl (C=O) groups is 3. The molecule has 2 aliphatic rings. The molecule has 5 rings (SSSR count). The predicted octanol–water partition coefficient (Wildman–Crippen LogP) is 3.22. The summed E-state index contributed by atoms with van der Waals surface area (Å²) in [7, 11) is 0. The van der Waals surface area contributed by atoms with Gasteiger partial charge in [0.05, 0.1) is 34.2 Å². The van der Waals surface area contributed by atoms with E-state index in [1.807, 2.05) is 45.9 Å². The van der Waals surface area contributed by atoms with E-state index >= 15 is 0 Å². The van der Waals surface area contributed by atoms with Gasteiger partial charge in [0, 0.05) is 5.56 Å². The number of esters is 1. The fourth-order valence-corrected chi connectivity index (χ4v) is 6.52. The number of anilines is 1. The number of nitrogens with zero attached hydrogens (tertiary/aromatic N) is 3. The minimum atomic E-state index is -1.33. The molecule has 1 N–H and O–H groups in total. The van der Waals surface area contributed by atoms with Crippen molar-refractivity contribution in [2.75, 3.05) is 11.5 Å². The number of nitrogens with one attached hydrogen (secondary N) is 1. The molecule has 0 spiro atoms. The average Bonchev–Trinajstić information content (AvgIpc) is 3.26. The van der Waals surface area contributed by atoms with Crippen LogP contribution in [0.3, 0.4) is 0 Å². The zero-order chi connectivity index (χ0) is 31.9. The van der Waals surface area contributed by atoms with Gasteiger partial charge in [-0.15, -0.1) is 0 Å². The van der Waals surface area contributed by atoms with Crippen LogP contribution in [0, 0.1) is 19.8 Å². The van der Waals surface area contributed by atoms with Crippen molar-refractivity contribution >= 4 is 58.2 Å². The van der Waals surface area contributed by atoms with Crippen LogP contribution in [-0.2, 0) is 19.1 Å². The summed E-state index contributed by atoms with van der Waals surface area (Å²) in [6, 6.07) is 11.7. The summed E-state index contributed by atoms with van der Waals surface area (Å²) in [5, 5.41) is 2.56. The van der Waals surface area contributed by atoms with Gasteiger partial charge in [0.1, 0.15) is 17.7 Å². The Morgan fingerprint density at radius 2 is 1.84 bits per heavy atom. The van der Waals surface area contributed by atoms with E-state index in [1.165, 1.54) is 15.5 Å². The van der Waals surface area contributed by atoms with Crippen molar-refractivity contribution in [2.24, 2.45) is 10.9 Å². The molecule has 3 aromatic rings. The summed E-state index contributed by atoms with van der Waals surface area (Å²) >= 11 is 6.39. The minimum Gasteiger partial charge on any atom is -0.491 e. The Kier molecular flexibility index (Phi) is 8.66. The molecule has 1 saturated heterocycles. The van der Waals surface area contributed by atoms with Crippen molar-refractivity contribution in [3.8, 4) is 5.75 Å². The van der Waals surface area contributed by atoms with Crippen LogP contribution in [0.4, 0.5) is 5.69 Å². The summed E-state index contributed by atoms with van der Waals surface area (Å²) in [5.74, 6) is -2.65. The van der Waals surface area contributed by atoms with Gasteiger partial charge in [-0.25, -0.2) is 9.79 Å². The molecule has 0 radical (unpaired) electrons. The molecule has 2 amide bonds. The molecule has 1 aromatic heterocycles. The number of ether oxygens (including phenoxy) is 2. The fourth-order valence-electron chi connectivity index (χ4n) is 5.17. The molecule has 3 heterocycles. The lowest BCUT2D eigenvalue weighted by atomic mass is 9.95. The summed E-state index contributed by atoms with van der Waals surface area (Å²) in [5.41, 5.74) is 3.15. The van der Waals surface area contributed by atoms with Crippen molar-refractivity contribution < 1.29 is 23.9 Å². The Morgan fingerprint density at radius 1 is 1.11 bits per heavy atom. The van der Waals surface area contributed by atoms with Crippen LogP contribution in [-0.4, -0.2) is 40.2 Å². The smallest absolute Gasteiger partial charge is 0.338 e. The molecule has 1 fully saturated rings. The molecule has 10 nitrogen and oxygen atoms in total. The van der Waals surface area contributed by atoms with Gasteiger partial charge < -0.3 is 14.8 Å². The van der Waals surface area contributed by atoms with Crippen LogP contribution in [0.1, 0.15) is 50.4 Å². The zero-order valence-corrected chi connectivity index (χ0v) is 26.8. The highest BCUT2D eigenvalue weighted by atomic mass is 32.1. The summed E-state index contributed by atoms with van der Waals surface area (Å²) in [6.45, 7) is 11.2. The third-order valence-corrected chi connectivity index (χ3v) is 8.65. The Balaban J connectivity index is 1.67. The fraction of sp³-hybridized carbons (Fsp3) is 0.312. The Labute approximate surface area is 263 Å². The number of allylic oxidation sites excluding steroid dienone is 1. The molecule has 12 heteroatoms. The molecule has 44 heavy (non-hydrogen) atoms. The highest BCUT2D eigenvalue weighted by Crippen LogP contribution is 2.36. The second-order valence-electron chi connectivity index (χ2n) is 10.7. The van der Waals surface area contributed by atoms with Gasteiger partial charge in [-0.1, -0.05) is 35.6 Å². The largest absolute Gasteiger partial charge is 0.491 e. The van der Waals surface area contributed by atoms with Gasteiger partial charge in [-0.2, -0.15) is 0 Å². The molecule has 2 aliphatic heterocycles. The van der Waals surface area contributed by atoms with Gasteiger partial charge >= 0.3 is 5.97 Å². The van der Waals surface area contributed by atoms with E-state index in [0.29, 0.717) is 27.5 Å². The first-order valence-corrected chi connectivity index (χ1v) is 15.4. The number of benzene rings is 2. The average molecular weight is 633 g/mol. The highest BCUT2D eigenvalue weighted by molar-refractivity contribution is 7.80. The maximum Gasteiger partial charge on any atom is 0.338 e. The molecule has 2 aromatic carbocycles. The molecule has 0 saturated carbocycles. The lowest BCUT2D eigenvalue weighted by Crippen LogP contribution is -2.58. The predicted molar refractivity (Wildman–Crippen MR) is 171 cm³/mol. The number of amides is 2. The van der Waals surface area contributed by atoms with E-state index in [-0.39, 0.29) is 27.9 Å². The highest BCUT2D eigenvalue weighted by Gasteiger charge is 2.39. The Hall–Kier alpha value is -4.42. The first-order chi connectivity index (χ1) is 20.9. The Bertz CT molecular complexity index is 1920. The van der Waals surface area contributed by atoms with Gasteiger partial charge in [-0.05, 0) is 89.2 Å². The number of aromatic nitrogens is 1. The van der Waals surface area contributed by atoms with Gasteiger partial charge in [0.25, 0.3) is 5.56 Å². The SMILES string of the molecule is CCOC(=O)C1=C(C)N=c2s/c(=C\[C@@H]3C(=O)NC(=S)N(c4ccc(C)c(C)c4)C3=O)c(=O)n2[C@H]1c1ccccc1OC(C)C. The second-order valence-corrected chi connectivity index (χ2v) is 12.1. The number of para-hydroxylation sites is 1. The molecule has 2 atom stereocenters. The third kappa shape index (κ3) is 5.62. The first-order valence-electron chi connectivity index (χ1n) is 14.1. The van der Waals surface area contributed by atoms with E-state index in [1.54, 1.807) is 38.1 Å². The number of hydrogen-bond acceptors (Lipinski definition) is 9. The molecular weight excluding hydrogens is 601 g/mol. The van der Waals surface area contributed by atoms with E-state index in [2.05, 4.69) is 10.3 Å². The lowest BCUT2D eigenvalue weighted by Gasteiger charge is -2.31. The van der Waals surface area contributed by atoms with Crippen molar-refractivity contribution in [1.82, 2.24) is 9.88 Å². The molecule has 0 aliphatic carbocycles. The summed E-state index contributed by atoms with van der Waals surface area (Å²) in [6.07, 6.45) is 1.17. The topological polar surface area (TPSA) is 119 Å². The number of thiazole rings is 1. The van der Waals surface area contributed by atoms with Crippen molar-refractivity contribution in [3.63, 3.8) is 0 Å². The molecule has 228 valence electrons. The number of carbonyl (C=O) groups excluding carboxylic acids is 3. The monoisotopic (exact) mass is 632 g/mol. The lowest BCUT2D eigenvalue weighted by molar-refractivity contribution is -0.139. The minimum absolute atomic E-state index is 0.0363. The van der Waals surface area contributed by atoms with Crippen LogP contribution in [0.15, 0.2) is 63.5 Å². The van der Waals surface area contributed by atoms with E-state index in [4.69, 9.17) is 21.7 Å². The number of fused-ring (bicyclic) bond motifs is 1. The van der Waals surface area contributed by atoms with Crippen LogP contribution < -0.4 is 29.8 Å². The molecule has 0 bridgehead atoms. The van der Waals surface area contributed by atoms with Gasteiger partial charge in [0.2, 0.25) is 11.8 Å². The van der Waals surface area contributed by atoms with Crippen molar-refractivity contribution in [1.29, 1.82) is 0 Å². The summed E-state index contributed by atoms with van der Waals surface area (Å²) < 4.78 is 13.0. The number of thiocarbonyl (C=S) groups is 1. The van der Waals surface area contributed by atoms with E-state index in [9.17, 15) is 19.2 Å². The van der Waals surface area contributed by atoms with E-state index in [0.717, 1.165) is 22.5 Å². The second kappa shape index (κ2) is 12.3. The maximum absolute atomic E-state index is 14.1. The van der Waals surface area contributed by atoms with Crippen molar-refractivity contribution in [3.05, 3.63) is 90.1 Å². The van der Waals surface area contributed by atoms with Crippen LogP contribution in [0.25, 0.3) is 6.08 Å². The number of rotatable bonds is 7. The standard InChI is InChI=1S/C32H32N4O6S2/c1-7-41-30(40)25-19(6)33-32-36(26(25)21-10-8-9-11-23(21)42-16(2)3)29(39)24(44-32)15-22-27(37)34-31(43)35(28(22)38)20-13-12-17(4)18(5)14-20/h8-16,22,26H,7H2,1-6H3,(H,34,37,43)/b24-15-/t22-,26+/m1/s1. The van der Waals surface area contributed by atoms with Crippen LogP contribution in [0.2, 0.25) is 0 Å². The van der Waals surface area contributed by atoms with Gasteiger partial charge in [0.15, 0.2) is 9.91 Å². The van der Waals surface area contributed by atoms with E-state index < -0.39 is 35.3 Å². The van der Waals surface area contributed by atoms with Crippen molar-refractivity contribution in [2.45, 2.75) is 53.7 Å². The van der Waals surface area contributed by atoms with Crippen LogP contribution >= 0.6 is 23.6 Å². The quantitative estimate of drug-likeness (QED) is 0.241. The maximum atomic E-state index is 14.1. The van der Waals surface area contributed by atoms with Crippen LogP contribution in [0.5, 0.6) is 5.75 Å². The third-order valence-electron chi connectivity index (χ3n) is 7.36. The molecular formula is C32H32N4O6S2. The number of aryl methyl sites for hydroxylation is 2. The normalized spacial score (nSPS) is 18.8. The van der Waals surface area contributed by atoms with Gasteiger partial charge in [-0.3, -0.25) is 23.9 Å². The summed E-state index contributed by atoms with van der Waals surface area (Å²) in [4.78, 5) is 60.4. The molecule has 0 unspecified atom stereocenters. The number of hydrogen-bond donors (Lipinski definition) is 1. The Morgan fingerprint density at radius 3 is 2.52 bits per heavy atom. The zero-order valence-electron chi connectivity index (χ0n) is 25.2. The first kappa shape index (κ1) is 31.0.